The Balaban J connectivity index is 1.55. The van der Waals surface area contributed by atoms with Crippen molar-refractivity contribution < 1.29 is 14.0 Å². The van der Waals surface area contributed by atoms with E-state index >= 15 is 0 Å². The average Bonchev–Trinajstić information content (AvgIpc) is 2.60. The molecule has 0 radical (unpaired) electrons. The molecule has 2 rings (SSSR count). The van der Waals surface area contributed by atoms with Gasteiger partial charge in [0.25, 0.3) is 0 Å². The Morgan fingerprint density at radius 3 is 2.38 bits per heavy atom. The first-order chi connectivity index (χ1) is 12.5. The second-order valence-electron chi connectivity index (χ2n) is 5.56. The average molecular weight is 395 g/mol. The minimum atomic E-state index is -0.362. The summed E-state index contributed by atoms with van der Waals surface area (Å²) < 4.78 is 13.1. The van der Waals surface area contributed by atoms with Crippen LogP contribution >= 0.6 is 23.4 Å². The molecule has 0 bridgehead atoms. The summed E-state index contributed by atoms with van der Waals surface area (Å²) in [5, 5.41) is 6.14. The number of amides is 2. The molecule has 2 aromatic carbocycles. The molecule has 0 saturated heterocycles. The van der Waals surface area contributed by atoms with Crippen molar-refractivity contribution in [1.29, 1.82) is 0 Å². The Morgan fingerprint density at radius 1 is 1.00 bits per heavy atom. The van der Waals surface area contributed by atoms with E-state index in [0.717, 1.165) is 4.90 Å². The van der Waals surface area contributed by atoms with Crippen LogP contribution in [0.15, 0.2) is 53.4 Å². The van der Waals surface area contributed by atoms with Crippen LogP contribution in [-0.2, 0) is 16.0 Å². The molecule has 4 nitrogen and oxygen atoms in total. The van der Waals surface area contributed by atoms with Crippen LogP contribution in [-0.4, -0.2) is 30.7 Å². The van der Waals surface area contributed by atoms with Gasteiger partial charge in [0.05, 0.1) is 6.42 Å². The number of hydrogen-bond donors (Lipinski definition) is 2. The minimum Gasteiger partial charge on any atom is -0.354 e. The molecule has 0 heterocycles. The van der Waals surface area contributed by atoms with Gasteiger partial charge in [0, 0.05) is 35.2 Å². The molecule has 0 aromatic heterocycles. The van der Waals surface area contributed by atoms with E-state index in [9.17, 15) is 14.0 Å². The van der Waals surface area contributed by atoms with E-state index in [1.54, 1.807) is 23.9 Å². The molecule has 2 N–H and O–H groups in total. The first-order valence-corrected chi connectivity index (χ1v) is 9.55. The number of carbonyl (C=O) groups is 2. The van der Waals surface area contributed by atoms with Crippen molar-refractivity contribution in [2.24, 2.45) is 0 Å². The van der Waals surface area contributed by atoms with Crippen LogP contribution in [0.4, 0.5) is 4.39 Å². The maximum Gasteiger partial charge on any atom is 0.224 e. The fourth-order valence-electron chi connectivity index (χ4n) is 2.18. The van der Waals surface area contributed by atoms with Gasteiger partial charge in [-0.05, 0) is 42.0 Å². The van der Waals surface area contributed by atoms with Crippen molar-refractivity contribution in [3.63, 3.8) is 0 Å². The van der Waals surface area contributed by atoms with Gasteiger partial charge in [-0.1, -0.05) is 23.7 Å². The highest BCUT2D eigenvalue weighted by Crippen LogP contribution is 2.20. The zero-order chi connectivity index (χ0) is 18.8. The fraction of sp³-hybridized carbons (Fsp3) is 0.263. The predicted molar refractivity (Wildman–Crippen MR) is 103 cm³/mol. The Bertz CT molecular complexity index is 741. The Kier molecular flexibility index (Phi) is 8.44. The third kappa shape index (κ3) is 7.89. The highest BCUT2D eigenvalue weighted by molar-refractivity contribution is 7.99. The van der Waals surface area contributed by atoms with Crippen molar-refractivity contribution in [3.8, 4) is 0 Å². The highest BCUT2D eigenvalue weighted by Gasteiger charge is 2.05. The van der Waals surface area contributed by atoms with Crippen LogP contribution < -0.4 is 10.6 Å². The van der Waals surface area contributed by atoms with E-state index in [2.05, 4.69) is 10.6 Å². The van der Waals surface area contributed by atoms with E-state index in [1.165, 1.54) is 12.1 Å². The summed E-state index contributed by atoms with van der Waals surface area (Å²) in [6.07, 6.45) is 0.508. The van der Waals surface area contributed by atoms with Gasteiger partial charge in [0.15, 0.2) is 0 Å². The Hall–Kier alpha value is -2.05. The van der Waals surface area contributed by atoms with E-state index in [1.807, 2.05) is 24.3 Å². The van der Waals surface area contributed by atoms with Gasteiger partial charge in [-0.2, -0.15) is 0 Å². The third-order valence-electron chi connectivity index (χ3n) is 3.43. The molecule has 138 valence electrons. The molecule has 7 heteroatoms. The molecule has 2 amide bonds. The van der Waals surface area contributed by atoms with Crippen LogP contribution in [0, 0.1) is 5.82 Å². The van der Waals surface area contributed by atoms with Crippen molar-refractivity contribution in [2.45, 2.75) is 17.7 Å². The van der Waals surface area contributed by atoms with E-state index in [-0.39, 0.29) is 24.1 Å². The standard InChI is InChI=1S/C19H20ClFN2O2S/c20-15-4-6-17(7-5-15)26-11-8-18(24)22-9-10-23-19(25)13-14-2-1-3-16(21)12-14/h1-7,12H,8-11,13H2,(H,22,24)(H,23,25). The molecular weight excluding hydrogens is 375 g/mol. The van der Waals surface area contributed by atoms with E-state index < -0.39 is 0 Å². The topological polar surface area (TPSA) is 58.2 Å². The van der Waals surface area contributed by atoms with Crippen LogP contribution in [0.5, 0.6) is 0 Å². The van der Waals surface area contributed by atoms with Crippen LogP contribution in [0.3, 0.4) is 0 Å². The molecule has 0 unspecified atom stereocenters. The summed E-state index contributed by atoms with van der Waals surface area (Å²) in [5.41, 5.74) is 0.616. The molecular formula is C19H20ClFN2O2S. The maximum absolute atomic E-state index is 13.1. The number of carbonyl (C=O) groups excluding carboxylic acids is 2. The first-order valence-electron chi connectivity index (χ1n) is 8.19. The monoisotopic (exact) mass is 394 g/mol. The summed E-state index contributed by atoms with van der Waals surface area (Å²) in [6, 6.07) is 13.4. The Morgan fingerprint density at radius 2 is 1.69 bits per heavy atom. The largest absolute Gasteiger partial charge is 0.354 e. The molecule has 2 aromatic rings. The van der Waals surface area contributed by atoms with Gasteiger partial charge < -0.3 is 10.6 Å². The zero-order valence-electron chi connectivity index (χ0n) is 14.1. The number of rotatable bonds is 9. The normalized spacial score (nSPS) is 10.4. The molecule has 0 fully saturated rings. The lowest BCUT2D eigenvalue weighted by atomic mass is 10.1. The number of nitrogens with one attached hydrogen (secondary N) is 2. The molecule has 0 aliphatic rings. The smallest absolute Gasteiger partial charge is 0.224 e. The number of thioether (sulfide) groups is 1. The summed E-state index contributed by atoms with van der Waals surface area (Å²) in [5.74, 6) is 0.0346. The second-order valence-corrected chi connectivity index (χ2v) is 7.16. The fourth-order valence-corrected chi connectivity index (χ4v) is 3.16. The lowest BCUT2D eigenvalue weighted by Gasteiger charge is -2.07. The lowest BCUT2D eigenvalue weighted by Crippen LogP contribution is -2.35. The van der Waals surface area contributed by atoms with Gasteiger partial charge in [0.2, 0.25) is 11.8 Å². The third-order valence-corrected chi connectivity index (χ3v) is 4.70. The van der Waals surface area contributed by atoms with Crippen molar-refractivity contribution in [2.75, 3.05) is 18.8 Å². The van der Waals surface area contributed by atoms with Crippen molar-refractivity contribution in [1.82, 2.24) is 10.6 Å². The van der Waals surface area contributed by atoms with Gasteiger partial charge >= 0.3 is 0 Å². The first kappa shape index (κ1) is 20.3. The van der Waals surface area contributed by atoms with Gasteiger partial charge in [-0.3, -0.25) is 9.59 Å². The summed E-state index contributed by atoms with van der Waals surface area (Å²) >= 11 is 7.41. The van der Waals surface area contributed by atoms with Gasteiger partial charge in [0.1, 0.15) is 5.82 Å². The summed E-state index contributed by atoms with van der Waals surface area (Å²) in [7, 11) is 0. The molecule has 0 aliphatic heterocycles. The van der Waals surface area contributed by atoms with Crippen molar-refractivity contribution in [3.05, 3.63) is 64.9 Å². The lowest BCUT2D eigenvalue weighted by molar-refractivity contribution is -0.122. The van der Waals surface area contributed by atoms with Crippen LogP contribution in [0.2, 0.25) is 5.02 Å². The van der Waals surface area contributed by atoms with Crippen molar-refractivity contribution >= 4 is 35.2 Å². The van der Waals surface area contributed by atoms with Gasteiger partial charge in [-0.15, -0.1) is 11.8 Å². The molecule has 0 atom stereocenters. The van der Waals surface area contributed by atoms with E-state index in [4.69, 9.17) is 11.6 Å². The summed E-state index contributed by atoms with van der Waals surface area (Å²) in [4.78, 5) is 24.6. The maximum atomic E-state index is 13.1. The minimum absolute atomic E-state index is 0.0640. The molecule has 0 aliphatic carbocycles. The Labute approximate surface area is 161 Å². The number of halogens is 2. The van der Waals surface area contributed by atoms with Gasteiger partial charge in [-0.25, -0.2) is 4.39 Å². The molecule has 26 heavy (non-hydrogen) atoms. The SMILES string of the molecule is O=C(CCSc1ccc(Cl)cc1)NCCNC(=O)Cc1cccc(F)c1. The molecule has 0 saturated carbocycles. The van der Waals surface area contributed by atoms with Crippen LogP contribution in [0.25, 0.3) is 0 Å². The highest BCUT2D eigenvalue weighted by atomic mass is 35.5. The summed E-state index contributed by atoms with van der Waals surface area (Å²) in [6.45, 7) is 0.698. The second kappa shape index (κ2) is 10.8. The van der Waals surface area contributed by atoms with Crippen LogP contribution in [0.1, 0.15) is 12.0 Å². The quantitative estimate of drug-likeness (QED) is 0.506. The molecule has 0 spiro atoms. The number of benzene rings is 2. The predicted octanol–water partition coefficient (Wildman–Crippen LogP) is 3.44. The number of hydrogen-bond acceptors (Lipinski definition) is 3. The zero-order valence-corrected chi connectivity index (χ0v) is 15.7. The van der Waals surface area contributed by atoms with E-state index in [0.29, 0.717) is 35.8 Å².